The summed E-state index contributed by atoms with van der Waals surface area (Å²) in [7, 11) is 9.86. The SMILES string of the molecule is CC#N.CC#N.COc1ccc([N-]C[N-]c2ccc(OC)cc2)cc1.COc1ccc([N-]C[N-]c2ccc(OC)cc2)cc1.COc1ccc([N-]C[N-]c2ccc(OC)cc2)cc1.[Mo+3].[Mo+4]. The van der Waals surface area contributed by atoms with Gasteiger partial charge in [-0.15, -0.1) is 34.1 Å². The third-order valence-electron chi connectivity index (χ3n) is 7.95. The average molecular weight is 1040 g/mol. The summed E-state index contributed by atoms with van der Waals surface area (Å²) in [4.78, 5) is 0. The van der Waals surface area contributed by atoms with Crippen LogP contribution < -0.4 is 28.4 Å². The summed E-state index contributed by atoms with van der Waals surface area (Å²) in [6.45, 7) is 4.07. The molecule has 0 fully saturated rings. The minimum Gasteiger partial charge on any atom is -0.699 e. The van der Waals surface area contributed by atoms with E-state index in [9.17, 15) is 0 Å². The van der Waals surface area contributed by atoms with Gasteiger partial charge in [-0.3, -0.25) is 0 Å². The zero-order valence-corrected chi connectivity index (χ0v) is 41.8. The smallest absolute Gasteiger partial charge is 0.699 e. The standard InChI is InChI=1S/3C15H16N2O2.2C2H3N.2Mo/c3*1-18-14-7-3-12(4-8-14)16-11-17-13-5-9-15(19-2)10-6-13;2*1-2-3;;/h3*3-10H,11H2,1-2H3;2*1H3;;/q3*-2;;;+3;+4. The summed E-state index contributed by atoms with van der Waals surface area (Å²) < 4.78 is 30.5. The molecule has 0 aliphatic heterocycles. The van der Waals surface area contributed by atoms with Crippen molar-refractivity contribution in [3.05, 3.63) is 177 Å². The van der Waals surface area contributed by atoms with Gasteiger partial charge in [-0.25, -0.2) is 20.0 Å². The molecule has 0 unspecified atom stereocenters. The molecule has 0 heterocycles. The van der Waals surface area contributed by atoms with Crippen LogP contribution in [0.25, 0.3) is 31.9 Å². The van der Waals surface area contributed by atoms with Crippen LogP contribution in [0.2, 0.25) is 0 Å². The van der Waals surface area contributed by atoms with Gasteiger partial charge in [-0.1, -0.05) is 72.8 Å². The Balaban J connectivity index is 0.000000876. The normalized spacial score (nSPS) is 8.83. The molecule has 0 aromatic heterocycles. The number of hydrogen-bond donors (Lipinski definition) is 0. The Morgan fingerprint density at radius 1 is 0.308 bits per heavy atom. The molecule has 14 nitrogen and oxygen atoms in total. The van der Waals surface area contributed by atoms with E-state index in [0.29, 0.717) is 20.0 Å². The van der Waals surface area contributed by atoms with E-state index in [4.69, 9.17) is 38.9 Å². The van der Waals surface area contributed by atoms with Crippen molar-refractivity contribution in [2.75, 3.05) is 62.7 Å². The molecule has 0 N–H and O–H groups in total. The Labute approximate surface area is 413 Å². The second kappa shape index (κ2) is 36.7. The van der Waals surface area contributed by atoms with Crippen molar-refractivity contribution >= 4 is 34.1 Å². The first-order valence-electron chi connectivity index (χ1n) is 19.3. The molecule has 6 aromatic rings. The molecule has 0 aliphatic carbocycles. The zero-order valence-electron chi connectivity index (χ0n) is 37.8. The maximum atomic E-state index is 7.32. The van der Waals surface area contributed by atoms with Crippen LogP contribution in [0.15, 0.2) is 146 Å². The zero-order chi connectivity index (χ0) is 45.9. The fourth-order valence-electron chi connectivity index (χ4n) is 4.72. The molecule has 0 atom stereocenters. The fraction of sp³-hybridized carbons (Fsp3) is 0.224. The summed E-state index contributed by atoms with van der Waals surface area (Å²) in [5.74, 6) is 4.95. The summed E-state index contributed by atoms with van der Waals surface area (Å²) in [5.41, 5.74) is 5.32. The molecule has 0 amide bonds. The number of ether oxygens (including phenoxy) is 6. The third kappa shape index (κ3) is 25.2. The second-order valence-corrected chi connectivity index (χ2v) is 12.0. The van der Waals surface area contributed by atoms with Gasteiger partial charge in [-0.05, 0) is 72.8 Å². The molecule has 0 saturated heterocycles. The Morgan fingerprint density at radius 2 is 0.415 bits per heavy atom. The first-order valence-corrected chi connectivity index (χ1v) is 19.3. The van der Waals surface area contributed by atoms with E-state index in [2.05, 4.69) is 31.9 Å². The maximum Gasteiger partial charge on any atom is 4.00 e. The minimum atomic E-state index is 0. The van der Waals surface area contributed by atoms with Gasteiger partial charge in [0.1, 0.15) is 34.5 Å². The van der Waals surface area contributed by atoms with E-state index >= 15 is 0 Å². The van der Waals surface area contributed by atoms with E-state index in [1.807, 2.05) is 146 Å². The summed E-state index contributed by atoms with van der Waals surface area (Å²) in [6, 6.07) is 48.9. The van der Waals surface area contributed by atoms with Crippen LogP contribution in [0, 0.1) is 22.7 Å². The van der Waals surface area contributed by atoms with Gasteiger partial charge in [0, 0.05) is 13.8 Å². The molecule has 0 bridgehead atoms. The van der Waals surface area contributed by atoms with Gasteiger partial charge in [0.15, 0.2) is 0 Å². The molecular weight excluding hydrogens is 988 g/mol. The fourth-order valence-corrected chi connectivity index (χ4v) is 4.72. The number of nitrogens with zero attached hydrogens (tertiary/aromatic N) is 8. The van der Waals surface area contributed by atoms with Crippen LogP contribution in [-0.4, -0.2) is 62.7 Å². The van der Waals surface area contributed by atoms with Crippen LogP contribution in [0.5, 0.6) is 34.5 Å². The van der Waals surface area contributed by atoms with Crippen molar-refractivity contribution in [3.63, 3.8) is 0 Å². The molecule has 6 aromatic carbocycles. The summed E-state index contributed by atoms with van der Waals surface area (Å²) in [5, 5.41) is 40.8. The quantitative estimate of drug-likeness (QED) is 0.0760. The number of nitriles is 2. The van der Waals surface area contributed by atoms with Gasteiger partial charge in [-0.2, -0.15) is 10.5 Å². The Kier molecular flexibility index (Phi) is 32.9. The minimum absolute atomic E-state index is 0. The topological polar surface area (TPSA) is 188 Å². The molecule has 6 rings (SSSR count). The van der Waals surface area contributed by atoms with Crippen molar-refractivity contribution in [2.45, 2.75) is 13.8 Å². The van der Waals surface area contributed by atoms with Crippen LogP contribution in [0.4, 0.5) is 34.1 Å². The van der Waals surface area contributed by atoms with Gasteiger partial charge in [0.25, 0.3) is 0 Å². The van der Waals surface area contributed by atoms with Crippen molar-refractivity contribution in [2.24, 2.45) is 0 Å². The number of rotatable bonds is 18. The first kappa shape index (κ1) is 58.3. The summed E-state index contributed by atoms with van der Waals surface area (Å²) in [6.07, 6.45) is 0. The molecule has 1 radical (unpaired) electrons. The molecule has 0 saturated carbocycles. The Morgan fingerprint density at radius 3 is 0.508 bits per heavy atom. The maximum absolute atomic E-state index is 7.32. The van der Waals surface area contributed by atoms with Crippen molar-refractivity contribution in [1.29, 1.82) is 10.5 Å². The van der Waals surface area contributed by atoms with E-state index in [1.54, 1.807) is 54.8 Å². The monoisotopic (exact) mass is 1050 g/mol. The number of methoxy groups -OCH3 is 6. The molecule has 16 heteroatoms. The number of hydrogen-bond acceptors (Lipinski definition) is 8. The van der Waals surface area contributed by atoms with Gasteiger partial charge >= 0.3 is 42.1 Å². The van der Waals surface area contributed by atoms with Crippen LogP contribution in [0.3, 0.4) is 0 Å². The van der Waals surface area contributed by atoms with Crippen molar-refractivity contribution in [3.8, 4) is 46.6 Å². The van der Waals surface area contributed by atoms with E-state index in [0.717, 1.165) is 68.6 Å². The van der Waals surface area contributed by atoms with Crippen molar-refractivity contribution in [1.82, 2.24) is 0 Å². The molecule has 337 valence electrons. The van der Waals surface area contributed by atoms with E-state index in [-0.39, 0.29) is 42.1 Å². The third-order valence-corrected chi connectivity index (χ3v) is 7.95. The second-order valence-electron chi connectivity index (χ2n) is 12.0. The molecule has 0 aliphatic rings. The Hall–Kier alpha value is -6.72. The Bertz CT molecular complexity index is 1770. The van der Waals surface area contributed by atoms with E-state index < -0.39 is 0 Å². The number of benzene rings is 6. The van der Waals surface area contributed by atoms with Crippen LogP contribution in [-0.2, 0) is 42.1 Å². The van der Waals surface area contributed by atoms with Crippen LogP contribution in [0.1, 0.15) is 13.8 Å². The molecular formula is C49H54Mo2N8O6+. The predicted molar refractivity (Wildman–Crippen MR) is 253 cm³/mol. The largest absolute Gasteiger partial charge is 4.00 e. The van der Waals surface area contributed by atoms with Gasteiger partial charge < -0.3 is 60.3 Å². The average Bonchev–Trinajstić information content (AvgIpc) is 3.34. The summed E-state index contributed by atoms with van der Waals surface area (Å²) >= 11 is 0. The molecule has 0 spiro atoms. The van der Waals surface area contributed by atoms with Crippen LogP contribution >= 0.6 is 0 Å². The molecule has 65 heavy (non-hydrogen) atoms. The first-order chi connectivity index (χ1) is 30.8. The predicted octanol–water partition coefficient (Wildman–Crippen LogP) is 14.2. The van der Waals surface area contributed by atoms with E-state index in [1.165, 1.54) is 13.8 Å². The van der Waals surface area contributed by atoms with Gasteiger partial charge in [0.05, 0.1) is 54.8 Å². The van der Waals surface area contributed by atoms with Crippen molar-refractivity contribution < 1.29 is 70.6 Å². The van der Waals surface area contributed by atoms with Gasteiger partial charge in [0.2, 0.25) is 0 Å².